The number of nitrogens with zero attached hydrogens (tertiary/aromatic N) is 2. The number of aromatic nitrogens is 3. The van der Waals surface area contributed by atoms with Crippen LogP contribution in [0.5, 0.6) is 23.0 Å². The number of hydrogen-bond donors (Lipinski definition) is 4. The first kappa shape index (κ1) is 35.3. The summed E-state index contributed by atoms with van der Waals surface area (Å²) in [6.07, 6.45) is -3.02. The van der Waals surface area contributed by atoms with Gasteiger partial charge in [-0.15, -0.1) is 11.6 Å². The summed E-state index contributed by atoms with van der Waals surface area (Å²) in [7, 11) is 5.38. The summed E-state index contributed by atoms with van der Waals surface area (Å²) in [4.78, 5) is 49.8. The number of rotatable bonds is 9. The standard InChI is InChI=1S/C36H29ClF3N5O8/c1-50-25-9-16-13-41-22(10-18(16)31(51-2)32(25)52-3)34(48)42-17-5-6-20-15(7-17)8-21(43-20)30-19(12-37)26-23(45(30)14-46)11-24(47)29-27(26)28(35(49)53-4)33(44-29)36(38,39)40/h5-11,13-14,19,30,43-44,47H,12H2,1-4H3,(H,42,48)/t19-,30?/m0/s1. The van der Waals surface area contributed by atoms with Gasteiger partial charge in [-0.1, -0.05) is 0 Å². The number of phenolic OH excluding ortho intramolecular Hbond substituents is 1. The molecule has 2 amide bonds. The molecule has 4 heterocycles. The van der Waals surface area contributed by atoms with Gasteiger partial charge in [0.25, 0.3) is 5.91 Å². The van der Waals surface area contributed by atoms with Crippen LogP contribution in [0.1, 0.15) is 49.8 Å². The van der Waals surface area contributed by atoms with Crippen LogP contribution in [0.15, 0.2) is 48.7 Å². The molecule has 0 spiro atoms. The first-order chi connectivity index (χ1) is 25.4. The molecule has 3 aromatic heterocycles. The Morgan fingerprint density at radius 3 is 2.42 bits per heavy atom. The first-order valence-corrected chi connectivity index (χ1v) is 16.3. The Balaban J connectivity index is 1.26. The number of benzene rings is 3. The minimum atomic E-state index is -5.01. The van der Waals surface area contributed by atoms with Gasteiger partial charge < -0.3 is 44.2 Å². The normalized spacial score (nSPS) is 15.5. The van der Waals surface area contributed by atoms with E-state index in [-0.39, 0.29) is 33.7 Å². The number of fused-ring (bicyclic) bond motifs is 5. The summed E-state index contributed by atoms with van der Waals surface area (Å²) in [6.45, 7) is 0. The number of H-pyrrole nitrogens is 2. The number of aromatic amines is 2. The number of esters is 1. The van der Waals surface area contributed by atoms with Gasteiger partial charge in [0, 0.05) is 62.5 Å². The Labute approximate surface area is 302 Å². The zero-order valence-corrected chi connectivity index (χ0v) is 29.0. The lowest BCUT2D eigenvalue weighted by molar-refractivity contribution is -0.141. The number of anilines is 2. The first-order valence-electron chi connectivity index (χ1n) is 15.8. The van der Waals surface area contributed by atoms with E-state index in [1.165, 1.54) is 32.4 Å². The van der Waals surface area contributed by atoms with Crippen LogP contribution >= 0.6 is 11.6 Å². The fraction of sp³-hybridized carbons (Fsp3) is 0.222. The third-order valence-electron chi connectivity index (χ3n) is 9.33. The molecule has 274 valence electrons. The highest BCUT2D eigenvalue weighted by molar-refractivity contribution is 6.19. The Morgan fingerprint density at radius 2 is 1.77 bits per heavy atom. The van der Waals surface area contributed by atoms with Gasteiger partial charge in [0.15, 0.2) is 11.5 Å². The monoisotopic (exact) mass is 751 g/mol. The van der Waals surface area contributed by atoms with Gasteiger partial charge in [0.1, 0.15) is 17.1 Å². The van der Waals surface area contributed by atoms with E-state index in [0.29, 0.717) is 56.7 Å². The average molecular weight is 752 g/mol. The van der Waals surface area contributed by atoms with Crippen molar-refractivity contribution in [2.45, 2.75) is 18.1 Å². The van der Waals surface area contributed by atoms with Crippen molar-refractivity contribution in [3.63, 3.8) is 0 Å². The van der Waals surface area contributed by atoms with Gasteiger partial charge in [0.2, 0.25) is 12.2 Å². The Morgan fingerprint density at radius 1 is 1.02 bits per heavy atom. The molecule has 4 N–H and O–H groups in total. The second-order valence-corrected chi connectivity index (χ2v) is 12.4. The molecule has 2 atom stereocenters. The van der Waals surface area contributed by atoms with Crippen LogP contribution < -0.4 is 24.4 Å². The molecule has 1 aliphatic heterocycles. The third-order valence-corrected chi connectivity index (χ3v) is 9.66. The van der Waals surface area contributed by atoms with Crippen LogP contribution in [0.4, 0.5) is 24.5 Å². The van der Waals surface area contributed by atoms with Crippen molar-refractivity contribution in [1.29, 1.82) is 0 Å². The molecule has 3 aromatic carbocycles. The summed E-state index contributed by atoms with van der Waals surface area (Å²) >= 11 is 6.49. The van der Waals surface area contributed by atoms with E-state index < -0.39 is 47.0 Å². The summed E-state index contributed by atoms with van der Waals surface area (Å²) in [5.74, 6) is -2.30. The smallest absolute Gasteiger partial charge is 0.432 e. The van der Waals surface area contributed by atoms with Crippen LogP contribution in [-0.4, -0.2) is 72.7 Å². The zero-order valence-electron chi connectivity index (χ0n) is 28.3. The van der Waals surface area contributed by atoms with E-state index >= 15 is 0 Å². The number of pyridine rings is 1. The molecule has 0 saturated carbocycles. The molecule has 0 fully saturated rings. The van der Waals surface area contributed by atoms with Crippen molar-refractivity contribution in [2.75, 3.05) is 44.5 Å². The van der Waals surface area contributed by atoms with Crippen LogP contribution in [0, 0.1) is 0 Å². The molecule has 1 aliphatic rings. The summed E-state index contributed by atoms with van der Waals surface area (Å²) < 4.78 is 63.6. The number of aromatic hydroxyl groups is 1. The van der Waals surface area contributed by atoms with E-state index in [4.69, 9.17) is 30.5 Å². The molecular formula is C36H29ClF3N5O8. The highest BCUT2D eigenvalue weighted by Crippen LogP contribution is 2.55. The number of ether oxygens (including phenoxy) is 4. The van der Waals surface area contributed by atoms with E-state index in [0.717, 1.165) is 13.2 Å². The second kappa shape index (κ2) is 13.1. The van der Waals surface area contributed by atoms with E-state index in [1.54, 1.807) is 36.4 Å². The summed E-state index contributed by atoms with van der Waals surface area (Å²) in [5.41, 5.74) is -0.822. The van der Waals surface area contributed by atoms with Gasteiger partial charge in [-0.3, -0.25) is 14.6 Å². The topological polar surface area (TPSA) is 168 Å². The fourth-order valence-electron chi connectivity index (χ4n) is 7.11. The Bertz CT molecular complexity index is 2480. The number of nitrogens with one attached hydrogen (secondary N) is 3. The number of hydrogen-bond acceptors (Lipinski definition) is 9. The maximum atomic E-state index is 14.1. The molecule has 6 aromatic rings. The fourth-order valence-corrected chi connectivity index (χ4v) is 7.43. The number of methoxy groups -OCH3 is 4. The summed E-state index contributed by atoms with van der Waals surface area (Å²) in [6, 6.07) is 10.3. The lowest BCUT2D eigenvalue weighted by Crippen LogP contribution is -2.26. The Kier molecular flexibility index (Phi) is 8.72. The van der Waals surface area contributed by atoms with Crippen molar-refractivity contribution >= 4 is 73.8 Å². The molecule has 0 aliphatic carbocycles. The number of carbonyl (C=O) groups is 3. The molecule has 1 unspecified atom stereocenters. The minimum absolute atomic E-state index is 0.0701. The lowest BCUT2D eigenvalue weighted by atomic mass is 9.90. The van der Waals surface area contributed by atoms with Gasteiger partial charge in [-0.25, -0.2) is 4.79 Å². The molecule has 17 heteroatoms. The van der Waals surface area contributed by atoms with Crippen LogP contribution in [0.2, 0.25) is 0 Å². The molecule has 0 radical (unpaired) electrons. The van der Waals surface area contributed by atoms with Gasteiger partial charge >= 0.3 is 12.1 Å². The highest BCUT2D eigenvalue weighted by Gasteiger charge is 2.46. The number of halogens is 4. The van der Waals surface area contributed by atoms with Gasteiger partial charge in [-0.2, -0.15) is 13.2 Å². The summed E-state index contributed by atoms with van der Waals surface area (Å²) in [5, 5.41) is 15.3. The number of alkyl halides is 4. The quantitative estimate of drug-likeness (QED) is 0.0689. The van der Waals surface area contributed by atoms with Crippen LogP contribution in [0.25, 0.3) is 32.6 Å². The maximum absolute atomic E-state index is 14.1. The van der Waals surface area contributed by atoms with Gasteiger partial charge in [-0.05, 0) is 42.0 Å². The van der Waals surface area contributed by atoms with E-state index in [1.807, 2.05) is 0 Å². The van der Waals surface area contributed by atoms with E-state index in [2.05, 4.69) is 20.3 Å². The molecule has 7 rings (SSSR count). The van der Waals surface area contributed by atoms with Crippen LogP contribution in [0.3, 0.4) is 0 Å². The van der Waals surface area contributed by atoms with Crippen molar-refractivity contribution in [1.82, 2.24) is 15.0 Å². The van der Waals surface area contributed by atoms with Gasteiger partial charge in [0.05, 0.1) is 51.2 Å². The highest BCUT2D eigenvalue weighted by atomic mass is 35.5. The SMILES string of the molecule is COC(=O)c1c(C(F)(F)F)[nH]c2c(O)cc3c(c12)[C@H](CCl)C(c1cc2cc(NC(=O)c4cc5c(OC)c(OC)c(OC)cc5cn4)ccc2[nH]1)N3C=O. The second-order valence-electron chi connectivity index (χ2n) is 12.1. The Hall–Kier alpha value is -6.16. The largest absolute Gasteiger partial charge is 0.506 e. The molecule has 13 nitrogen and oxygen atoms in total. The predicted octanol–water partition coefficient (Wildman–Crippen LogP) is 7.03. The molecule has 53 heavy (non-hydrogen) atoms. The van der Waals surface area contributed by atoms with Crippen molar-refractivity contribution in [3.8, 4) is 23.0 Å². The van der Waals surface area contributed by atoms with Crippen molar-refractivity contribution in [3.05, 3.63) is 76.9 Å². The maximum Gasteiger partial charge on any atom is 0.432 e. The zero-order chi connectivity index (χ0) is 37.9. The van der Waals surface area contributed by atoms with E-state index in [9.17, 15) is 32.7 Å². The number of carbonyl (C=O) groups excluding carboxylic acids is 3. The average Bonchev–Trinajstić information content (AvgIpc) is 3.84. The van der Waals surface area contributed by atoms with Crippen LogP contribution in [-0.2, 0) is 15.7 Å². The van der Waals surface area contributed by atoms with Crippen molar-refractivity contribution < 1.29 is 51.6 Å². The molecule has 0 saturated heterocycles. The third kappa shape index (κ3) is 5.56. The minimum Gasteiger partial charge on any atom is -0.506 e. The molecular weight excluding hydrogens is 723 g/mol. The lowest BCUT2D eigenvalue weighted by Gasteiger charge is -2.23. The number of amides is 2. The predicted molar refractivity (Wildman–Crippen MR) is 189 cm³/mol. The van der Waals surface area contributed by atoms with Crippen molar-refractivity contribution in [2.24, 2.45) is 0 Å². The number of phenols is 1. The molecule has 0 bridgehead atoms.